The molecule has 0 radical (unpaired) electrons. The first kappa shape index (κ1) is 14.3. The van der Waals surface area contributed by atoms with Gasteiger partial charge in [-0.15, -0.1) is 0 Å². The Kier molecular flexibility index (Phi) is 4.07. The minimum absolute atomic E-state index is 0.161. The molecular weight excluding hydrogens is 261 g/mol. The summed E-state index contributed by atoms with van der Waals surface area (Å²) in [5, 5.41) is 3.63. The second-order valence-electron chi connectivity index (χ2n) is 5.88. The van der Waals surface area contributed by atoms with Crippen molar-refractivity contribution in [3.8, 4) is 11.1 Å². The zero-order valence-electron chi connectivity index (χ0n) is 12.7. The summed E-state index contributed by atoms with van der Waals surface area (Å²) in [4.78, 5) is 0. The van der Waals surface area contributed by atoms with Crippen LogP contribution in [0.2, 0.25) is 0 Å². The molecule has 0 amide bonds. The van der Waals surface area contributed by atoms with Crippen LogP contribution in [-0.2, 0) is 6.42 Å². The van der Waals surface area contributed by atoms with E-state index in [1.165, 1.54) is 16.7 Å². The Morgan fingerprint density at radius 3 is 2.81 bits per heavy atom. The SMILES string of the molecule is CCCNC1CCc2c(-c3ccc(F)cc3C)cccc21. The maximum absolute atomic E-state index is 13.3. The maximum Gasteiger partial charge on any atom is 0.123 e. The minimum Gasteiger partial charge on any atom is -0.310 e. The lowest BCUT2D eigenvalue weighted by Crippen LogP contribution is -2.19. The molecule has 0 heterocycles. The first-order valence-corrected chi connectivity index (χ1v) is 7.82. The Hall–Kier alpha value is -1.67. The van der Waals surface area contributed by atoms with Gasteiger partial charge in [0, 0.05) is 6.04 Å². The third-order valence-corrected chi connectivity index (χ3v) is 4.39. The van der Waals surface area contributed by atoms with Crippen molar-refractivity contribution in [3.63, 3.8) is 0 Å². The normalized spacial score (nSPS) is 17.0. The molecule has 1 atom stereocenters. The monoisotopic (exact) mass is 283 g/mol. The van der Waals surface area contributed by atoms with Crippen molar-refractivity contribution in [3.05, 3.63) is 58.9 Å². The molecule has 0 saturated heterocycles. The van der Waals surface area contributed by atoms with Gasteiger partial charge in [0.25, 0.3) is 0 Å². The fourth-order valence-corrected chi connectivity index (χ4v) is 3.37. The van der Waals surface area contributed by atoms with Crippen LogP contribution in [0.5, 0.6) is 0 Å². The lowest BCUT2D eigenvalue weighted by molar-refractivity contribution is 0.529. The predicted molar refractivity (Wildman–Crippen MR) is 85.9 cm³/mol. The van der Waals surface area contributed by atoms with Crippen molar-refractivity contribution in [2.45, 2.75) is 39.2 Å². The number of nitrogens with one attached hydrogen (secondary N) is 1. The number of hydrogen-bond acceptors (Lipinski definition) is 1. The predicted octanol–water partition coefficient (Wildman–Crippen LogP) is 4.79. The Morgan fingerprint density at radius 2 is 2.05 bits per heavy atom. The average molecular weight is 283 g/mol. The van der Waals surface area contributed by atoms with E-state index in [1.807, 2.05) is 13.0 Å². The standard InChI is InChI=1S/C19H22FN/c1-3-11-21-19-10-9-17-16(5-4-6-18(17)19)15-8-7-14(20)12-13(15)2/h4-8,12,19,21H,3,9-11H2,1-2H3. The van der Waals surface area contributed by atoms with Crippen molar-refractivity contribution < 1.29 is 4.39 Å². The van der Waals surface area contributed by atoms with Gasteiger partial charge in [-0.05, 0) is 72.7 Å². The van der Waals surface area contributed by atoms with Crippen molar-refractivity contribution in [1.82, 2.24) is 5.32 Å². The highest BCUT2D eigenvalue weighted by molar-refractivity contribution is 5.72. The molecule has 2 heteroatoms. The molecule has 0 aromatic heterocycles. The quantitative estimate of drug-likeness (QED) is 0.851. The van der Waals surface area contributed by atoms with E-state index in [0.29, 0.717) is 6.04 Å². The summed E-state index contributed by atoms with van der Waals surface area (Å²) in [6.45, 7) is 5.24. The molecule has 110 valence electrons. The number of hydrogen-bond donors (Lipinski definition) is 1. The van der Waals surface area contributed by atoms with E-state index in [-0.39, 0.29) is 5.82 Å². The highest BCUT2D eigenvalue weighted by Crippen LogP contribution is 2.38. The topological polar surface area (TPSA) is 12.0 Å². The van der Waals surface area contributed by atoms with Gasteiger partial charge in [-0.2, -0.15) is 0 Å². The highest BCUT2D eigenvalue weighted by Gasteiger charge is 2.24. The van der Waals surface area contributed by atoms with Gasteiger partial charge in [0.2, 0.25) is 0 Å². The van der Waals surface area contributed by atoms with Crippen LogP contribution in [0.1, 0.15) is 42.5 Å². The molecule has 1 N–H and O–H groups in total. The lowest BCUT2D eigenvalue weighted by Gasteiger charge is -2.15. The number of aryl methyl sites for hydroxylation is 1. The first-order valence-electron chi connectivity index (χ1n) is 7.82. The Morgan fingerprint density at radius 1 is 1.19 bits per heavy atom. The Bertz CT molecular complexity index is 648. The molecule has 0 fully saturated rings. The van der Waals surface area contributed by atoms with Gasteiger partial charge in [0.1, 0.15) is 5.82 Å². The molecule has 0 saturated carbocycles. The molecule has 1 nitrogen and oxygen atoms in total. The molecule has 0 aliphatic heterocycles. The lowest BCUT2D eigenvalue weighted by atomic mass is 9.93. The molecule has 0 bridgehead atoms. The Balaban J connectivity index is 2.00. The van der Waals surface area contributed by atoms with E-state index in [0.717, 1.165) is 36.9 Å². The van der Waals surface area contributed by atoms with Gasteiger partial charge < -0.3 is 5.32 Å². The van der Waals surface area contributed by atoms with Crippen molar-refractivity contribution in [2.24, 2.45) is 0 Å². The van der Waals surface area contributed by atoms with Crippen LogP contribution < -0.4 is 5.32 Å². The van der Waals surface area contributed by atoms with Crippen molar-refractivity contribution in [2.75, 3.05) is 6.54 Å². The van der Waals surface area contributed by atoms with E-state index in [9.17, 15) is 4.39 Å². The van der Waals surface area contributed by atoms with Crippen LogP contribution in [0.15, 0.2) is 36.4 Å². The molecule has 2 aromatic rings. The number of halogens is 1. The maximum atomic E-state index is 13.3. The number of fused-ring (bicyclic) bond motifs is 1. The van der Waals surface area contributed by atoms with Gasteiger partial charge in [0.05, 0.1) is 0 Å². The highest BCUT2D eigenvalue weighted by atomic mass is 19.1. The third kappa shape index (κ3) is 2.73. The smallest absolute Gasteiger partial charge is 0.123 e. The van der Waals surface area contributed by atoms with Crippen LogP contribution in [0, 0.1) is 12.7 Å². The van der Waals surface area contributed by atoms with Crippen LogP contribution in [0.4, 0.5) is 4.39 Å². The molecule has 3 rings (SSSR count). The van der Waals surface area contributed by atoms with E-state index in [4.69, 9.17) is 0 Å². The molecule has 1 unspecified atom stereocenters. The zero-order valence-corrected chi connectivity index (χ0v) is 12.7. The molecule has 2 aromatic carbocycles. The average Bonchev–Trinajstić information content (AvgIpc) is 2.88. The number of rotatable bonds is 4. The van der Waals surface area contributed by atoms with Gasteiger partial charge in [0.15, 0.2) is 0 Å². The molecule has 1 aliphatic rings. The second-order valence-corrected chi connectivity index (χ2v) is 5.88. The summed E-state index contributed by atoms with van der Waals surface area (Å²) < 4.78 is 13.3. The van der Waals surface area contributed by atoms with Gasteiger partial charge >= 0.3 is 0 Å². The number of benzene rings is 2. The molecule has 21 heavy (non-hydrogen) atoms. The van der Waals surface area contributed by atoms with Crippen LogP contribution >= 0.6 is 0 Å². The summed E-state index contributed by atoms with van der Waals surface area (Å²) >= 11 is 0. The van der Waals surface area contributed by atoms with E-state index < -0.39 is 0 Å². The van der Waals surface area contributed by atoms with Gasteiger partial charge in [-0.1, -0.05) is 31.2 Å². The fourth-order valence-electron chi connectivity index (χ4n) is 3.37. The van der Waals surface area contributed by atoms with Crippen molar-refractivity contribution in [1.29, 1.82) is 0 Å². The third-order valence-electron chi connectivity index (χ3n) is 4.39. The minimum atomic E-state index is -0.161. The summed E-state index contributed by atoms with van der Waals surface area (Å²) in [7, 11) is 0. The van der Waals surface area contributed by atoms with E-state index >= 15 is 0 Å². The first-order chi connectivity index (χ1) is 10.2. The summed E-state index contributed by atoms with van der Waals surface area (Å²) in [6, 6.07) is 12.1. The second kappa shape index (κ2) is 5.98. The summed E-state index contributed by atoms with van der Waals surface area (Å²) in [6.07, 6.45) is 3.42. The molecule has 1 aliphatic carbocycles. The zero-order chi connectivity index (χ0) is 14.8. The molecule has 0 spiro atoms. The summed E-state index contributed by atoms with van der Waals surface area (Å²) in [5.74, 6) is -0.161. The summed E-state index contributed by atoms with van der Waals surface area (Å²) in [5.41, 5.74) is 6.29. The Labute approximate surface area is 126 Å². The fraction of sp³-hybridized carbons (Fsp3) is 0.368. The van der Waals surface area contributed by atoms with Crippen LogP contribution in [0.25, 0.3) is 11.1 Å². The van der Waals surface area contributed by atoms with Crippen LogP contribution in [-0.4, -0.2) is 6.54 Å². The van der Waals surface area contributed by atoms with Crippen molar-refractivity contribution >= 4 is 0 Å². The van der Waals surface area contributed by atoms with E-state index in [1.54, 1.807) is 12.1 Å². The van der Waals surface area contributed by atoms with Gasteiger partial charge in [-0.25, -0.2) is 4.39 Å². The van der Waals surface area contributed by atoms with Gasteiger partial charge in [-0.3, -0.25) is 0 Å². The largest absolute Gasteiger partial charge is 0.310 e. The van der Waals surface area contributed by atoms with E-state index in [2.05, 4.69) is 30.4 Å². The molecular formula is C19H22FN. The van der Waals surface area contributed by atoms with Crippen LogP contribution in [0.3, 0.4) is 0 Å².